The number of rotatable bonds is 21. The van der Waals surface area contributed by atoms with Gasteiger partial charge in [0.1, 0.15) is 12.2 Å². The first kappa shape index (κ1) is 32.4. The maximum Gasteiger partial charge on any atom is 0.407 e. The number of carbonyl (C=O) groups is 1. The predicted octanol–water partition coefficient (Wildman–Crippen LogP) is 7.49. The lowest BCUT2D eigenvalue weighted by Gasteiger charge is -2.36. The highest BCUT2D eigenvalue weighted by Crippen LogP contribution is 2.28. The third-order valence-electron chi connectivity index (χ3n) is 8.19. The molecule has 6 nitrogen and oxygen atoms in total. The fourth-order valence-electron chi connectivity index (χ4n) is 5.80. The molecule has 0 aromatic rings. The number of ether oxygens (including phenoxy) is 3. The SMILES string of the molecule is CN(C)CCCNC(=O)OCC1(COCCCCCCCCCCCCC2CCCCC2)CCCCO1. The minimum atomic E-state index is -0.477. The molecule has 1 amide bonds. The van der Waals surface area contributed by atoms with Crippen LogP contribution in [0.3, 0.4) is 0 Å². The van der Waals surface area contributed by atoms with E-state index in [0.717, 1.165) is 57.8 Å². The van der Waals surface area contributed by atoms with Crippen LogP contribution in [0, 0.1) is 5.92 Å². The van der Waals surface area contributed by atoms with Crippen LogP contribution in [0.2, 0.25) is 0 Å². The van der Waals surface area contributed by atoms with Gasteiger partial charge in [-0.05, 0) is 58.7 Å². The first-order valence-corrected chi connectivity index (χ1v) is 15.9. The van der Waals surface area contributed by atoms with E-state index < -0.39 is 5.60 Å². The highest BCUT2D eigenvalue weighted by molar-refractivity contribution is 5.67. The molecule has 1 aliphatic heterocycles. The van der Waals surface area contributed by atoms with Crippen LogP contribution in [-0.4, -0.2) is 70.2 Å². The zero-order chi connectivity index (χ0) is 26.4. The summed E-state index contributed by atoms with van der Waals surface area (Å²) in [4.78, 5) is 14.2. The van der Waals surface area contributed by atoms with Gasteiger partial charge in [-0.2, -0.15) is 0 Å². The van der Waals surface area contributed by atoms with E-state index in [1.54, 1.807) is 0 Å². The van der Waals surface area contributed by atoms with Gasteiger partial charge in [0.2, 0.25) is 0 Å². The topological polar surface area (TPSA) is 60.0 Å². The van der Waals surface area contributed by atoms with Gasteiger partial charge in [0.25, 0.3) is 0 Å². The first-order valence-electron chi connectivity index (χ1n) is 15.9. The molecule has 2 rings (SSSR count). The number of nitrogens with one attached hydrogen (secondary N) is 1. The molecule has 1 heterocycles. The fraction of sp³-hybridized carbons (Fsp3) is 0.968. The van der Waals surface area contributed by atoms with E-state index in [4.69, 9.17) is 14.2 Å². The van der Waals surface area contributed by atoms with E-state index in [2.05, 4.69) is 10.2 Å². The van der Waals surface area contributed by atoms with Crippen LogP contribution in [0.1, 0.15) is 128 Å². The average molecular weight is 525 g/mol. The van der Waals surface area contributed by atoms with Gasteiger partial charge >= 0.3 is 6.09 Å². The lowest BCUT2D eigenvalue weighted by Crippen LogP contribution is -2.46. The number of amides is 1. The van der Waals surface area contributed by atoms with Crippen LogP contribution in [0.4, 0.5) is 4.79 Å². The quantitative estimate of drug-likeness (QED) is 0.158. The van der Waals surface area contributed by atoms with Crippen molar-refractivity contribution in [2.75, 3.05) is 53.6 Å². The number of alkyl carbamates (subject to hydrolysis) is 1. The van der Waals surface area contributed by atoms with E-state index >= 15 is 0 Å². The highest BCUT2D eigenvalue weighted by Gasteiger charge is 2.35. The summed E-state index contributed by atoms with van der Waals surface area (Å²) >= 11 is 0. The Balaban J connectivity index is 1.40. The van der Waals surface area contributed by atoms with Crippen LogP contribution in [0.5, 0.6) is 0 Å². The largest absolute Gasteiger partial charge is 0.446 e. The maximum absolute atomic E-state index is 12.1. The maximum atomic E-state index is 12.1. The summed E-state index contributed by atoms with van der Waals surface area (Å²) in [6, 6.07) is 0. The molecule has 2 aliphatic rings. The number of unbranched alkanes of at least 4 members (excludes halogenated alkanes) is 9. The number of carbonyl (C=O) groups excluding carboxylic acids is 1. The molecule has 218 valence electrons. The van der Waals surface area contributed by atoms with Crippen molar-refractivity contribution in [2.45, 2.75) is 134 Å². The van der Waals surface area contributed by atoms with E-state index in [0.29, 0.717) is 13.2 Å². The first-order chi connectivity index (χ1) is 18.1. The molecule has 1 atom stereocenters. The van der Waals surface area contributed by atoms with Gasteiger partial charge in [-0.3, -0.25) is 0 Å². The van der Waals surface area contributed by atoms with E-state index in [1.807, 2.05) is 14.1 Å². The Labute approximate surface area is 228 Å². The third-order valence-corrected chi connectivity index (χ3v) is 8.19. The van der Waals surface area contributed by atoms with E-state index in [-0.39, 0.29) is 12.7 Å². The molecule has 1 aliphatic carbocycles. The smallest absolute Gasteiger partial charge is 0.407 e. The average Bonchev–Trinajstić information content (AvgIpc) is 2.91. The predicted molar refractivity (Wildman–Crippen MR) is 153 cm³/mol. The molecule has 0 bridgehead atoms. The van der Waals surface area contributed by atoms with Crippen molar-refractivity contribution in [1.29, 1.82) is 0 Å². The van der Waals surface area contributed by atoms with Crippen molar-refractivity contribution in [1.82, 2.24) is 10.2 Å². The second kappa shape index (κ2) is 21.0. The lowest BCUT2D eigenvalue weighted by atomic mass is 9.85. The van der Waals surface area contributed by atoms with Crippen molar-refractivity contribution < 1.29 is 19.0 Å². The Kier molecular flexibility index (Phi) is 18.4. The Morgan fingerprint density at radius 3 is 2.16 bits per heavy atom. The van der Waals surface area contributed by atoms with E-state index in [9.17, 15) is 4.79 Å². The van der Waals surface area contributed by atoms with Crippen molar-refractivity contribution in [3.63, 3.8) is 0 Å². The molecule has 2 fully saturated rings. The summed E-state index contributed by atoms with van der Waals surface area (Å²) in [5.41, 5.74) is -0.477. The summed E-state index contributed by atoms with van der Waals surface area (Å²) in [6.07, 6.45) is 26.1. The fourth-order valence-corrected chi connectivity index (χ4v) is 5.80. The zero-order valence-electron chi connectivity index (χ0n) is 24.5. The van der Waals surface area contributed by atoms with Gasteiger partial charge in [-0.1, -0.05) is 96.3 Å². The molecule has 1 saturated heterocycles. The summed E-state index contributed by atoms with van der Waals surface area (Å²) in [5, 5.41) is 2.84. The Morgan fingerprint density at radius 2 is 1.51 bits per heavy atom. The van der Waals surface area contributed by atoms with Crippen molar-refractivity contribution in [3.8, 4) is 0 Å². The molecular weight excluding hydrogens is 464 g/mol. The second-order valence-electron chi connectivity index (χ2n) is 12.0. The summed E-state index contributed by atoms with van der Waals surface area (Å²) in [6.45, 7) is 3.85. The van der Waals surface area contributed by atoms with Gasteiger partial charge in [0.05, 0.1) is 6.61 Å². The van der Waals surface area contributed by atoms with Gasteiger partial charge in [0, 0.05) is 19.8 Å². The van der Waals surface area contributed by atoms with E-state index in [1.165, 1.54) is 96.3 Å². The summed E-state index contributed by atoms with van der Waals surface area (Å²) in [7, 11) is 4.06. The van der Waals surface area contributed by atoms with Gasteiger partial charge in [-0.15, -0.1) is 0 Å². The molecule has 0 spiro atoms. The minimum Gasteiger partial charge on any atom is -0.446 e. The summed E-state index contributed by atoms with van der Waals surface area (Å²) in [5.74, 6) is 1.06. The Hall–Kier alpha value is -0.850. The molecule has 1 saturated carbocycles. The standard InChI is InChI=1S/C31H60N2O4/c1-33(2)24-18-23-32-30(34)36-28-31(22-15-17-26-37-31)27-35-25-16-10-8-6-4-3-5-7-9-12-19-29-20-13-11-14-21-29/h29H,3-28H2,1-2H3,(H,32,34). The lowest BCUT2D eigenvalue weighted by molar-refractivity contribution is -0.146. The Bertz CT molecular complexity index is 545. The zero-order valence-corrected chi connectivity index (χ0v) is 24.5. The number of hydrogen-bond donors (Lipinski definition) is 1. The van der Waals surface area contributed by atoms with Crippen LogP contribution in [-0.2, 0) is 14.2 Å². The van der Waals surface area contributed by atoms with Crippen LogP contribution in [0.25, 0.3) is 0 Å². The Morgan fingerprint density at radius 1 is 0.838 bits per heavy atom. The molecule has 0 radical (unpaired) electrons. The van der Waals surface area contributed by atoms with Gasteiger partial charge in [-0.25, -0.2) is 4.79 Å². The molecule has 0 aromatic carbocycles. The molecule has 1 unspecified atom stereocenters. The second-order valence-corrected chi connectivity index (χ2v) is 12.0. The molecule has 6 heteroatoms. The molecular formula is C31H60N2O4. The normalized spacial score (nSPS) is 20.8. The highest BCUT2D eigenvalue weighted by atomic mass is 16.6. The number of hydrogen-bond acceptors (Lipinski definition) is 5. The molecule has 37 heavy (non-hydrogen) atoms. The summed E-state index contributed by atoms with van der Waals surface area (Å²) < 4.78 is 17.6. The van der Waals surface area contributed by atoms with Crippen molar-refractivity contribution in [2.24, 2.45) is 5.92 Å². The van der Waals surface area contributed by atoms with Gasteiger partial charge < -0.3 is 24.4 Å². The van der Waals surface area contributed by atoms with Crippen LogP contribution < -0.4 is 5.32 Å². The van der Waals surface area contributed by atoms with Crippen molar-refractivity contribution >= 4 is 6.09 Å². The van der Waals surface area contributed by atoms with Gasteiger partial charge in [0.15, 0.2) is 0 Å². The van der Waals surface area contributed by atoms with Crippen molar-refractivity contribution in [3.05, 3.63) is 0 Å². The minimum absolute atomic E-state index is 0.271. The molecule has 0 aromatic heterocycles. The van der Waals surface area contributed by atoms with Crippen LogP contribution in [0.15, 0.2) is 0 Å². The van der Waals surface area contributed by atoms with Crippen LogP contribution >= 0.6 is 0 Å². The third kappa shape index (κ3) is 16.7. The monoisotopic (exact) mass is 524 g/mol. The number of nitrogens with zero attached hydrogens (tertiary/aromatic N) is 1. The molecule has 1 N–H and O–H groups in total.